The number of carbonyl (C=O) groups excluding carboxylic acids is 1. The third kappa shape index (κ3) is 2.88. The van der Waals surface area contributed by atoms with Gasteiger partial charge in [0.2, 0.25) is 5.91 Å². The van der Waals surface area contributed by atoms with Gasteiger partial charge in [-0.3, -0.25) is 13.9 Å². The summed E-state index contributed by atoms with van der Waals surface area (Å²) in [5, 5.41) is 2.73. The first-order valence-electron chi connectivity index (χ1n) is 7.50. The average molecular weight is 310 g/mol. The number of rotatable bonds is 4. The van der Waals surface area contributed by atoms with E-state index in [4.69, 9.17) is 0 Å². The van der Waals surface area contributed by atoms with Crippen LogP contribution in [0, 0.1) is 6.92 Å². The van der Waals surface area contributed by atoms with Crippen molar-refractivity contribution in [3.8, 4) is 0 Å². The number of aryl methyl sites for hydroxylation is 2. The van der Waals surface area contributed by atoms with Crippen LogP contribution >= 0.6 is 0 Å². The average Bonchev–Trinajstić information content (AvgIpc) is 2.79. The molecule has 0 fully saturated rings. The summed E-state index contributed by atoms with van der Waals surface area (Å²) in [6.07, 6.45) is 1.64. The Morgan fingerprint density at radius 1 is 1.17 bits per heavy atom. The number of nitrogens with zero attached hydrogens (tertiary/aromatic N) is 3. The van der Waals surface area contributed by atoms with Gasteiger partial charge in [-0.1, -0.05) is 12.1 Å². The number of pyridine rings is 1. The molecule has 0 aliphatic carbocycles. The fraction of sp³-hybridized carbons (Fsp3) is 0.235. The van der Waals surface area contributed by atoms with Crippen LogP contribution in [-0.2, 0) is 17.9 Å². The minimum absolute atomic E-state index is 0.0397. The molecule has 3 rings (SSSR count). The number of hydrogen-bond acceptors (Lipinski definition) is 3. The van der Waals surface area contributed by atoms with E-state index in [1.54, 1.807) is 16.8 Å². The van der Waals surface area contributed by atoms with Crippen molar-refractivity contribution in [3.63, 3.8) is 0 Å². The first-order chi connectivity index (χ1) is 11.1. The second kappa shape index (κ2) is 6.08. The molecule has 3 aromatic rings. The van der Waals surface area contributed by atoms with E-state index in [1.807, 2.05) is 44.2 Å². The van der Waals surface area contributed by atoms with E-state index in [2.05, 4.69) is 10.3 Å². The molecule has 118 valence electrons. The molecule has 1 aromatic carbocycles. The normalized spacial score (nSPS) is 10.9. The number of fused-ring (bicyclic) bond motifs is 1. The molecule has 0 aliphatic heterocycles. The van der Waals surface area contributed by atoms with E-state index in [9.17, 15) is 9.59 Å². The molecule has 2 aromatic heterocycles. The Balaban J connectivity index is 1.91. The van der Waals surface area contributed by atoms with E-state index in [0.29, 0.717) is 12.4 Å². The van der Waals surface area contributed by atoms with Crippen molar-refractivity contribution >= 4 is 22.8 Å². The number of para-hydroxylation sites is 2. The SMILES string of the molecule is CCn1c(=O)n(CC(=O)Nc2cc(C)ccn2)c2ccccc21. The van der Waals surface area contributed by atoms with Gasteiger partial charge in [0.05, 0.1) is 11.0 Å². The number of amides is 1. The number of benzene rings is 1. The number of imidazole rings is 1. The fourth-order valence-corrected chi connectivity index (χ4v) is 2.66. The maximum Gasteiger partial charge on any atom is 0.329 e. The Kier molecular flexibility index (Phi) is 3.97. The van der Waals surface area contributed by atoms with E-state index < -0.39 is 0 Å². The second-order valence-electron chi connectivity index (χ2n) is 5.37. The molecule has 0 bridgehead atoms. The second-order valence-corrected chi connectivity index (χ2v) is 5.37. The van der Waals surface area contributed by atoms with Crippen LogP contribution < -0.4 is 11.0 Å². The van der Waals surface area contributed by atoms with Crippen molar-refractivity contribution in [3.05, 3.63) is 58.6 Å². The Hall–Kier alpha value is -2.89. The van der Waals surface area contributed by atoms with Gasteiger partial charge < -0.3 is 5.32 Å². The summed E-state index contributed by atoms with van der Waals surface area (Å²) in [6, 6.07) is 11.1. The first kappa shape index (κ1) is 15.0. The zero-order valence-corrected chi connectivity index (χ0v) is 13.1. The quantitative estimate of drug-likeness (QED) is 0.803. The van der Waals surface area contributed by atoms with Gasteiger partial charge in [0.25, 0.3) is 0 Å². The van der Waals surface area contributed by atoms with Gasteiger partial charge in [-0.25, -0.2) is 9.78 Å². The van der Waals surface area contributed by atoms with Crippen LogP contribution in [0.25, 0.3) is 11.0 Å². The molecule has 1 N–H and O–H groups in total. The van der Waals surface area contributed by atoms with E-state index in [-0.39, 0.29) is 18.1 Å². The van der Waals surface area contributed by atoms with Gasteiger partial charge in [-0.15, -0.1) is 0 Å². The molecule has 6 heteroatoms. The van der Waals surface area contributed by atoms with Gasteiger partial charge in [0.15, 0.2) is 0 Å². The van der Waals surface area contributed by atoms with Crippen LogP contribution in [0.2, 0.25) is 0 Å². The van der Waals surface area contributed by atoms with E-state index in [0.717, 1.165) is 16.6 Å². The number of carbonyl (C=O) groups is 1. The van der Waals surface area contributed by atoms with Crippen LogP contribution in [0.5, 0.6) is 0 Å². The highest BCUT2D eigenvalue weighted by Gasteiger charge is 2.14. The Morgan fingerprint density at radius 2 is 1.87 bits per heavy atom. The van der Waals surface area contributed by atoms with Crippen molar-refractivity contribution in [2.24, 2.45) is 0 Å². The summed E-state index contributed by atoms with van der Waals surface area (Å²) in [5.74, 6) is 0.214. The summed E-state index contributed by atoms with van der Waals surface area (Å²) in [4.78, 5) is 28.9. The zero-order chi connectivity index (χ0) is 16.4. The monoisotopic (exact) mass is 310 g/mol. The summed E-state index contributed by atoms with van der Waals surface area (Å²) < 4.78 is 3.15. The molecule has 1 amide bonds. The number of nitrogens with one attached hydrogen (secondary N) is 1. The van der Waals surface area contributed by atoms with Crippen molar-refractivity contribution in [1.82, 2.24) is 14.1 Å². The molecule has 0 spiro atoms. The van der Waals surface area contributed by atoms with Crippen LogP contribution in [0.15, 0.2) is 47.4 Å². The van der Waals surface area contributed by atoms with Crippen LogP contribution in [0.4, 0.5) is 5.82 Å². The van der Waals surface area contributed by atoms with Gasteiger partial charge in [-0.05, 0) is 43.7 Å². The van der Waals surface area contributed by atoms with Crippen LogP contribution in [0.3, 0.4) is 0 Å². The topological polar surface area (TPSA) is 68.9 Å². The van der Waals surface area contributed by atoms with Crippen molar-refractivity contribution in [2.45, 2.75) is 26.9 Å². The minimum Gasteiger partial charge on any atom is -0.309 e. The Labute approximate surface area is 133 Å². The molecular formula is C17H18N4O2. The molecule has 0 saturated carbocycles. The maximum absolute atomic E-state index is 12.5. The van der Waals surface area contributed by atoms with Crippen molar-refractivity contribution in [1.29, 1.82) is 0 Å². The number of aromatic nitrogens is 3. The number of anilines is 1. The molecule has 0 saturated heterocycles. The summed E-state index contributed by atoms with van der Waals surface area (Å²) >= 11 is 0. The third-order valence-corrected chi connectivity index (χ3v) is 3.73. The smallest absolute Gasteiger partial charge is 0.309 e. The fourth-order valence-electron chi connectivity index (χ4n) is 2.66. The lowest BCUT2D eigenvalue weighted by Crippen LogP contribution is -2.29. The molecule has 6 nitrogen and oxygen atoms in total. The van der Waals surface area contributed by atoms with Gasteiger partial charge >= 0.3 is 5.69 Å². The molecule has 0 unspecified atom stereocenters. The predicted molar refractivity (Wildman–Crippen MR) is 89.5 cm³/mol. The highest BCUT2D eigenvalue weighted by atomic mass is 16.2. The number of hydrogen-bond donors (Lipinski definition) is 1. The molecule has 0 aliphatic rings. The van der Waals surface area contributed by atoms with Gasteiger partial charge in [-0.2, -0.15) is 0 Å². The largest absolute Gasteiger partial charge is 0.329 e. The zero-order valence-electron chi connectivity index (χ0n) is 13.1. The molecule has 0 radical (unpaired) electrons. The summed E-state index contributed by atoms with van der Waals surface area (Å²) in [7, 11) is 0. The molecule has 0 atom stereocenters. The van der Waals surface area contributed by atoms with Crippen molar-refractivity contribution in [2.75, 3.05) is 5.32 Å². The molecular weight excluding hydrogens is 292 g/mol. The summed E-state index contributed by atoms with van der Waals surface area (Å²) in [5.41, 5.74) is 2.42. The van der Waals surface area contributed by atoms with Gasteiger partial charge in [0, 0.05) is 12.7 Å². The molecule has 23 heavy (non-hydrogen) atoms. The lowest BCUT2D eigenvalue weighted by Gasteiger charge is -2.06. The lowest BCUT2D eigenvalue weighted by atomic mass is 10.3. The van der Waals surface area contributed by atoms with Crippen LogP contribution in [-0.4, -0.2) is 20.0 Å². The van der Waals surface area contributed by atoms with E-state index in [1.165, 1.54) is 4.57 Å². The minimum atomic E-state index is -0.274. The first-order valence-corrected chi connectivity index (χ1v) is 7.50. The highest BCUT2D eigenvalue weighted by Crippen LogP contribution is 2.13. The van der Waals surface area contributed by atoms with E-state index >= 15 is 0 Å². The Morgan fingerprint density at radius 3 is 2.52 bits per heavy atom. The standard InChI is InChI=1S/C17H18N4O2/c1-3-20-13-6-4-5-7-14(13)21(17(20)23)11-16(22)19-15-10-12(2)8-9-18-15/h4-10H,3,11H2,1-2H3,(H,18,19,22). The summed E-state index contributed by atoms with van der Waals surface area (Å²) in [6.45, 7) is 4.36. The highest BCUT2D eigenvalue weighted by molar-refractivity contribution is 5.90. The lowest BCUT2D eigenvalue weighted by molar-refractivity contribution is -0.116. The maximum atomic E-state index is 12.5. The molecule has 2 heterocycles. The Bertz CT molecular complexity index is 924. The van der Waals surface area contributed by atoms with Gasteiger partial charge in [0.1, 0.15) is 12.4 Å². The van der Waals surface area contributed by atoms with Crippen LogP contribution in [0.1, 0.15) is 12.5 Å². The van der Waals surface area contributed by atoms with Crippen molar-refractivity contribution < 1.29 is 4.79 Å². The third-order valence-electron chi connectivity index (χ3n) is 3.73. The predicted octanol–water partition coefficient (Wildman–Crippen LogP) is 2.17.